The van der Waals surface area contributed by atoms with Crippen LogP contribution in [0.4, 0.5) is 0 Å². The molecule has 2 saturated heterocycles. The van der Waals surface area contributed by atoms with Gasteiger partial charge in [-0.3, -0.25) is 4.79 Å². The monoisotopic (exact) mass is 244 g/mol. The van der Waals surface area contributed by atoms with Crippen LogP contribution in [-0.4, -0.2) is 36.0 Å². The lowest BCUT2D eigenvalue weighted by Crippen LogP contribution is -2.42. The molecule has 0 saturated carbocycles. The van der Waals surface area contributed by atoms with Gasteiger partial charge in [0, 0.05) is 30.7 Å². The zero-order chi connectivity index (χ0) is 12.7. The van der Waals surface area contributed by atoms with Crippen molar-refractivity contribution in [3.8, 4) is 0 Å². The van der Waals surface area contributed by atoms with E-state index in [0.717, 1.165) is 25.1 Å². The number of aryl methyl sites for hydroxylation is 1. The van der Waals surface area contributed by atoms with Crippen LogP contribution in [-0.2, 0) is 0 Å². The Morgan fingerprint density at radius 2 is 2.00 bits per heavy atom. The first-order valence-corrected chi connectivity index (χ1v) is 6.77. The Labute approximate surface area is 108 Å². The fourth-order valence-corrected chi connectivity index (χ4v) is 3.36. The van der Waals surface area contributed by atoms with Crippen molar-refractivity contribution in [2.45, 2.75) is 32.4 Å². The highest BCUT2D eigenvalue weighted by Gasteiger charge is 2.44. The summed E-state index contributed by atoms with van der Waals surface area (Å²) < 4.78 is 0. The molecule has 1 N–H and O–H groups in total. The molecule has 3 unspecified atom stereocenters. The topological polar surface area (TPSA) is 32.3 Å². The van der Waals surface area contributed by atoms with Gasteiger partial charge in [-0.15, -0.1) is 0 Å². The number of hydrogen-bond donors (Lipinski definition) is 1. The van der Waals surface area contributed by atoms with E-state index in [1.165, 1.54) is 5.56 Å². The second-order valence-corrected chi connectivity index (χ2v) is 5.65. The maximum Gasteiger partial charge on any atom is 0.254 e. The van der Waals surface area contributed by atoms with E-state index in [9.17, 15) is 4.79 Å². The van der Waals surface area contributed by atoms with E-state index in [-0.39, 0.29) is 5.91 Å². The maximum absolute atomic E-state index is 12.6. The Kier molecular flexibility index (Phi) is 2.86. The minimum Gasteiger partial charge on any atom is -0.331 e. The molecule has 3 heteroatoms. The van der Waals surface area contributed by atoms with Gasteiger partial charge in [0.1, 0.15) is 0 Å². The molecule has 1 aromatic carbocycles. The number of nitrogens with zero attached hydrogens (tertiary/aromatic N) is 1. The van der Waals surface area contributed by atoms with Crippen LogP contribution in [0.3, 0.4) is 0 Å². The number of benzene rings is 1. The van der Waals surface area contributed by atoms with Crippen LogP contribution in [0.15, 0.2) is 24.3 Å². The van der Waals surface area contributed by atoms with E-state index < -0.39 is 0 Å². The highest BCUT2D eigenvalue weighted by atomic mass is 16.2. The second-order valence-electron chi connectivity index (χ2n) is 5.65. The minimum absolute atomic E-state index is 0.193. The number of rotatable bonds is 1. The minimum atomic E-state index is 0.193. The van der Waals surface area contributed by atoms with Crippen molar-refractivity contribution in [3.63, 3.8) is 0 Å². The van der Waals surface area contributed by atoms with Gasteiger partial charge in [0.25, 0.3) is 5.91 Å². The van der Waals surface area contributed by atoms with Gasteiger partial charge in [0.15, 0.2) is 0 Å². The van der Waals surface area contributed by atoms with Crippen LogP contribution in [0.25, 0.3) is 0 Å². The Hall–Kier alpha value is -1.35. The van der Waals surface area contributed by atoms with E-state index in [4.69, 9.17) is 0 Å². The highest BCUT2D eigenvalue weighted by molar-refractivity contribution is 5.95. The summed E-state index contributed by atoms with van der Waals surface area (Å²) in [4.78, 5) is 14.7. The Balaban J connectivity index is 1.85. The third-order valence-electron chi connectivity index (χ3n) is 4.31. The molecule has 2 aliphatic rings. The molecular weight excluding hydrogens is 224 g/mol. The normalized spacial score (nSPS) is 30.6. The predicted molar refractivity (Wildman–Crippen MR) is 71.6 cm³/mol. The fourth-order valence-electron chi connectivity index (χ4n) is 3.36. The predicted octanol–water partition coefficient (Wildman–Crippen LogP) is 1.82. The van der Waals surface area contributed by atoms with Gasteiger partial charge in [-0.2, -0.15) is 0 Å². The highest BCUT2D eigenvalue weighted by Crippen LogP contribution is 2.33. The molecule has 0 aliphatic carbocycles. The number of carbonyl (C=O) groups excluding carboxylic acids is 1. The van der Waals surface area contributed by atoms with Gasteiger partial charge in [-0.1, -0.05) is 17.7 Å². The quantitative estimate of drug-likeness (QED) is 0.817. The molecule has 18 heavy (non-hydrogen) atoms. The molecule has 1 aromatic rings. The lowest BCUT2D eigenvalue weighted by atomic mass is 10.0. The van der Waals surface area contributed by atoms with Gasteiger partial charge in [-0.25, -0.2) is 0 Å². The smallest absolute Gasteiger partial charge is 0.254 e. The summed E-state index contributed by atoms with van der Waals surface area (Å²) in [5.41, 5.74) is 2.02. The molecule has 96 valence electrons. The lowest BCUT2D eigenvalue weighted by molar-refractivity contribution is 0.0682. The number of nitrogens with one attached hydrogen (secondary N) is 1. The van der Waals surface area contributed by atoms with Crippen LogP contribution in [0, 0.1) is 12.8 Å². The van der Waals surface area contributed by atoms with Crippen molar-refractivity contribution in [2.75, 3.05) is 13.1 Å². The van der Waals surface area contributed by atoms with Crippen molar-refractivity contribution in [2.24, 2.45) is 5.92 Å². The Morgan fingerprint density at radius 1 is 1.28 bits per heavy atom. The third-order valence-corrected chi connectivity index (χ3v) is 4.31. The summed E-state index contributed by atoms with van der Waals surface area (Å²) in [6.07, 6.45) is 1.13. The van der Waals surface area contributed by atoms with Crippen molar-refractivity contribution in [3.05, 3.63) is 35.4 Å². The summed E-state index contributed by atoms with van der Waals surface area (Å²) >= 11 is 0. The summed E-state index contributed by atoms with van der Waals surface area (Å²) in [5.74, 6) is 0.841. The first-order chi connectivity index (χ1) is 8.66. The van der Waals surface area contributed by atoms with Gasteiger partial charge in [0.05, 0.1) is 0 Å². The SMILES string of the molecule is Cc1ccc(C(=O)N2C(C)CC3CNCC32)cc1. The molecule has 2 aliphatic heterocycles. The lowest BCUT2D eigenvalue weighted by Gasteiger charge is -2.27. The zero-order valence-corrected chi connectivity index (χ0v) is 11.0. The van der Waals surface area contributed by atoms with Crippen LogP contribution >= 0.6 is 0 Å². The molecule has 0 spiro atoms. The van der Waals surface area contributed by atoms with E-state index >= 15 is 0 Å². The first kappa shape index (κ1) is 11.7. The van der Waals surface area contributed by atoms with Crippen LogP contribution in [0.2, 0.25) is 0 Å². The third kappa shape index (κ3) is 1.83. The fraction of sp³-hybridized carbons (Fsp3) is 0.533. The molecule has 0 radical (unpaired) electrons. The molecule has 3 atom stereocenters. The second kappa shape index (κ2) is 4.39. The standard InChI is InChI=1S/C15H20N2O/c1-10-3-5-12(6-4-10)15(18)17-11(2)7-13-8-16-9-14(13)17/h3-6,11,13-14,16H,7-9H2,1-2H3. The van der Waals surface area contributed by atoms with E-state index in [0.29, 0.717) is 18.0 Å². The van der Waals surface area contributed by atoms with Crippen molar-refractivity contribution < 1.29 is 4.79 Å². The van der Waals surface area contributed by atoms with Crippen molar-refractivity contribution in [1.29, 1.82) is 0 Å². The van der Waals surface area contributed by atoms with E-state index in [1.807, 2.05) is 31.2 Å². The molecular formula is C15H20N2O. The number of hydrogen-bond acceptors (Lipinski definition) is 2. The van der Waals surface area contributed by atoms with Crippen LogP contribution < -0.4 is 5.32 Å². The van der Waals surface area contributed by atoms with Gasteiger partial charge in [-0.05, 0) is 38.3 Å². The summed E-state index contributed by atoms with van der Waals surface area (Å²) in [6, 6.07) is 8.68. The van der Waals surface area contributed by atoms with Crippen molar-refractivity contribution >= 4 is 5.91 Å². The summed E-state index contributed by atoms with van der Waals surface area (Å²) in [6.45, 7) is 6.23. The summed E-state index contributed by atoms with van der Waals surface area (Å²) in [5, 5.41) is 3.40. The molecule has 1 amide bonds. The molecule has 3 nitrogen and oxygen atoms in total. The van der Waals surface area contributed by atoms with Gasteiger partial charge in [0.2, 0.25) is 0 Å². The van der Waals surface area contributed by atoms with Crippen LogP contribution in [0.5, 0.6) is 0 Å². The van der Waals surface area contributed by atoms with Gasteiger partial charge < -0.3 is 10.2 Å². The molecule has 0 aromatic heterocycles. The number of amides is 1. The van der Waals surface area contributed by atoms with E-state index in [2.05, 4.69) is 17.1 Å². The average Bonchev–Trinajstić information content (AvgIpc) is 2.89. The first-order valence-electron chi connectivity index (χ1n) is 6.77. The van der Waals surface area contributed by atoms with Crippen molar-refractivity contribution in [1.82, 2.24) is 10.2 Å². The average molecular weight is 244 g/mol. The Bertz CT molecular complexity index is 454. The largest absolute Gasteiger partial charge is 0.331 e. The van der Waals surface area contributed by atoms with E-state index in [1.54, 1.807) is 0 Å². The molecule has 2 heterocycles. The number of fused-ring (bicyclic) bond motifs is 1. The maximum atomic E-state index is 12.6. The summed E-state index contributed by atoms with van der Waals surface area (Å²) in [7, 11) is 0. The molecule has 0 bridgehead atoms. The van der Waals surface area contributed by atoms with Gasteiger partial charge >= 0.3 is 0 Å². The molecule has 2 fully saturated rings. The van der Waals surface area contributed by atoms with Crippen LogP contribution in [0.1, 0.15) is 29.3 Å². The number of likely N-dealkylation sites (tertiary alicyclic amines) is 1. The molecule has 3 rings (SSSR count). The Morgan fingerprint density at radius 3 is 2.72 bits per heavy atom. The zero-order valence-electron chi connectivity index (χ0n) is 11.0. The number of carbonyl (C=O) groups is 1.